The number of carbonyl (C=O) groups is 2. The van der Waals surface area contributed by atoms with Gasteiger partial charge in [0.2, 0.25) is 0 Å². The first kappa shape index (κ1) is 13.9. The van der Waals surface area contributed by atoms with E-state index in [1.807, 2.05) is 5.38 Å². The molecule has 2 heterocycles. The van der Waals surface area contributed by atoms with Gasteiger partial charge in [0.05, 0.1) is 24.3 Å². The number of nitrogens with one attached hydrogen (secondary N) is 2. The summed E-state index contributed by atoms with van der Waals surface area (Å²) in [6, 6.07) is 2.46. The topological polar surface area (TPSA) is 104 Å². The highest BCUT2D eigenvalue weighted by atomic mass is 32.1. The molecule has 0 bridgehead atoms. The molecule has 2 aromatic rings. The molecule has 0 saturated heterocycles. The molecule has 2 rings (SSSR count). The maximum atomic E-state index is 11.5. The largest absolute Gasteiger partial charge is 0.478 e. The highest BCUT2D eigenvalue weighted by Crippen LogP contribution is 2.03. The first-order valence-electron chi connectivity index (χ1n) is 5.73. The van der Waals surface area contributed by atoms with Crippen LogP contribution < -0.4 is 10.6 Å². The van der Waals surface area contributed by atoms with Crippen LogP contribution in [0.3, 0.4) is 0 Å². The predicted octanol–water partition coefficient (Wildman–Crippen LogP) is 1.24. The minimum Gasteiger partial charge on any atom is -0.478 e. The number of aromatic nitrogens is 2. The number of amides is 2. The zero-order valence-corrected chi connectivity index (χ0v) is 11.2. The number of thiazole rings is 1. The second kappa shape index (κ2) is 6.62. The van der Waals surface area contributed by atoms with E-state index in [2.05, 4.69) is 20.6 Å². The van der Waals surface area contributed by atoms with Gasteiger partial charge in [-0.1, -0.05) is 0 Å². The Morgan fingerprint density at radius 2 is 2.00 bits per heavy atom. The van der Waals surface area contributed by atoms with Crippen LogP contribution >= 0.6 is 11.3 Å². The molecule has 3 N–H and O–H groups in total. The molecule has 20 heavy (non-hydrogen) atoms. The summed E-state index contributed by atoms with van der Waals surface area (Å²) in [5.74, 6) is -1.03. The van der Waals surface area contributed by atoms with E-state index in [9.17, 15) is 9.59 Å². The third-order valence-electron chi connectivity index (χ3n) is 2.38. The number of carboxylic acids is 1. The van der Waals surface area contributed by atoms with Gasteiger partial charge in [-0.15, -0.1) is 11.3 Å². The van der Waals surface area contributed by atoms with Crippen LogP contribution in [-0.4, -0.2) is 27.1 Å². The highest BCUT2D eigenvalue weighted by Gasteiger charge is 2.06. The maximum absolute atomic E-state index is 11.5. The Hall–Kier alpha value is -2.48. The average Bonchev–Trinajstić information content (AvgIpc) is 2.96. The SMILES string of the molecule is O=C(NCc1cc(C(=O)O)ccn1)NCc1nccs1. The van der Waals surface area contributed by atoms with Gasteiger partial charge in [-0.25, -0.2) is 14.6 Å². The van der Waals surface area contributed by atoms with Crippen LogP contribution in [-0.2, 0) is 13.1 Å². The van der Waals surface area contributed by atoms with Crippen molar-refractivity contribution in [3.05, 3.63) is 46.2 Å². The number of urea groups is 1. The minimum absolute atomic E-state index is 0.139. The predicted molar refractivity (Wildman–Crippen MR) is 72.4 cm³/mol. The number of rotatable bonds is 5. The van der Waals surface area contributed by atoms with Crippen LogP contribution in [0.4, 0.5) is 4.79 Å². The van der Waals surface area contributed by atoms with Crippen LogP contribution in [0.2, 0.25) is 0 Å². The van der Waals surface area contributed by atoms with Crippen molar-refractivity contribution in [1.82, 2.24) is 20.6 Å². The Morgan fingerprint density at radius 1 is 1.20 bits per heavy atom. The summed E-state index contributed by atoms with van der Waals surface area (Å²) >= 11 is 1.45. The summed E-state index contributed by atoms with van der Waals surface area (Å²) < 4.78 is 0. The van der Waals surface area contributed by atoms with Crippen LogP contribution in [0.1, 0.15) is 21.1 Å². The maximum Gasteiger partial charge on any atom is 0.335 e. The van der Waals surface area contributed by atoms with Crippen molar-refractivity contribution in [3.8, 4) is 0 Å². The van der Waals surface area contributed by atoms with Gasteiger partial charge in [-0.3, -0.25) is 4.98 Å². The fourth-order valence-corrected chi connectivity index (χ4v) is 1.99. The van der Waals surface area contributed by atoms with E-state index in [0.717, 1.165) is 5.01 Å². The number of aromatic carboxylic acids is 1. The molecule has 2 aromatic heterocycles. The molecule has 0 fully saturated rings. The summed E-state index contributed by atoms with van der Waals surface area (Å²) in [7, 11) is 0. The van der Waals surface area contributed by atoms with Crippen molar-refractivity contribution in [3.63, 3.8) is 0 Å². The zero-order valence-electron chi connectivity index (χ0n) is 10.4. The summed E-state index contributed by atoms with van der Waals surface area (Å²) in [6.07, 6.45) is 3.06. The second-order valence-electron chi connectivity index (χ2n) is 3.80. The molecule has 104 valence electrons. The Labute approximate surface area is 118 Å². The summed E-state index contributed by atoms with van der Waals surface area (Å²) in [4.78, 5) is 30.4. The average molecular weight is 292 g/mol. The normalized spacial score (nSPS) is 10.0. The van der Waals surface area contributed by atoms with Gasteiger partial charge in [0, 0.05) is 17.8 Å². The van der Waals surface area contributed by atoms with Crippen molar-refractivity contribution in [1.29, 1.82) is 0 Å². The molecule has 2 amide bonds. The summed E-state index contributed by atoms with van der Waals surface area (Å²) in [5, 5.41) is 16.7. The second-order valence-corrected chi connectivity index (χ2v) is 4.78. The van der Waals surface area contributed by atoms with Crippen molar-refractivity contribution < 1.29 is 14.7 Å². The summed E-state index contributed by atoms with van der Waals surface area (Å²) in [5.41, 5.74) is 0.620. The molecular weight excluding hydrogens is 280 g/mol. The van der Waals surface area contributed by atoms with Gasteiger partial charge < -0.3 is 15.7 Å². The highest BCUT2D eigenvalue weighted by molar-refractivity contribution is 7.09. The van der Waals surface area contributed by atoms with E-state index in [1.165, 1.54) is 29.7 Å². The Balaban J connectivity index is 1.81. The van der Waals surface area contributed by atoms with Crippen molar-refractivity contribution in [2.75, 3.05) is 0 Å². The number of carbonyl (C=O) groups excluding carboxylic acids is 1. The van der Waals surface area contributed by atoms with E-state index < -0.39 is 5.97 Å². The number of pyridine rings is 1. The fourth-order valence-electron chi connectivity index (χ4n) is 1.44. The lowest BCUT2D eigenvalue weighted by molar-refractivity contribution is 0.0696. The molecule has 8 heteroatoms. The molecular formula is C12H12N4O3S. The quantitative estimate of drug-likeness (QED) is 0.769. The van der Waals surface area contributed by atoms with Gasteiger partial charge in [-0.2, -0.15) is 0 Å². The first-order chi connectivity index (χ1) is 9.65. The Morgan fingerprint density at radius 3 is 2.70 bits per heavy atom. The van der Waals surface area contributed by atoms with Gasteiger partial charge in [0.1, 0.15) is 5.01 Å². The van der Waals surface area contributed by atoms with E-state index in [1.54, 1.807) is 6.20 Å². The zero-order chi connectivity index (χ0) is 14.4. The van der Waals surface area contributed by atoms with Crippen LogP contribution in [0.15, 0.2) is 29.9 Å². The van der Waals surface area contributed by atoms with Crippen LogP contribution in [0.5, 0.6) is 0 Å². The standard InChI is InChI=1S/C12H12N4O3S/c17-11(18)8-1-2-13-9(5-8)6-15-12(19)16-7-10-14-3-4-20-10/h1-5H,6-7H2,(H,17,18)(H2,15,16,19). The molecule has 7 nitrogen and oxygen atoms in total. The molecule has 0 saturated carbocycles. The van der Waals surface area contributed by atoms with Crippen molar-refractivity contribution in [2.24, 2.45) is 0 Å². The Bertz CT molecular complexity index is 601. The third-order valence-corrected chi connectivity index (χ3v) is 3.16. The smallest absolute Gasteiger partial charge is 0.335 e. The molecule has 0 atom stereocenters. The fraction of sp³-hybridized carbons (Fsp3) is 0.167. The molecule has 0 aliphatic rings. The molecule has 0 radical (unpaired) electrons. The van der Waals surface area contributed by atoms with E-state index >= 15 is 0 Å². The Kier molecular flexibility index (Phi) is 4.61. The van der Waals surface area contributed by atoms with Gasteiger partial charge in [0.15, 0.2) is 0 Å². The van der Waals surface area contributed by atoms with Crippen molar-refractivity contribution >= 4 is 23.3 Å². The number of nitrogens with zero attached hydrogens (tertiary/aromatic N) is 2. The van der Waals surface area contributed by atoms with Gasteiger partial charge >= 0.3 is 12.0 Å². The summed E-state index contributed by atoms with van der Waals surface area (Å²) in [6.45, 7) is 0.511. The lowest BCUT2D eigenvalue weighted by Gasteiger charge is -2.06. The lowest BCUT2D eigenvalue weighted by atomic mass is 10.2. The van der Waals surface area contributed by atoms with E-state index in [0.29, 0.717) is 12.2 Å². The van der Waals surface area contributed by atoms with Gasteiger partial charge in [0.25, 0.3) is 0 Å². The van der Waals surface area contributed by atoms with E-state index in [4.69, 9.17) is 5.11 Å². The van der Waals surface area contributed by atoms with E-state index in [-0.39, 0.29) is 18.1 Å². The molecule has 0 aliphatic heterocycles. The number of hydrogen-bond donors (Lipinski definition) is 3. The number of carboxylic acid groups (broad SMARTS) is 1. The first-order valence-corrected chi connectivity index (χ1v) is 6.61. The van der Waals surface area contributed by atoms with Crippen LogP contribution in [0.25, 0.3) is 0 Å². The number of hydrogen-bond acceptors (Lipinski definition) is 5. The molecule has 0 aromatic carbocycles. The lowest BCUT2D eigenvalue weighted by Crippen LogP contribution is -2.34. The minimum atomic E-state index is -1.03. The third kappa shape index (κ3) is 4.02. The molecule has 0 unspecified atom stereocenters. The molecule has 0 aliphatic carbocycles. The molecule has 0 spiro atoms. The van der Waals surface area contributed by atoms with Crippen molar-refractivity contribution in [2.45, 2.75) is 13.1 Å². The van der Waals surface area contributed by atoms with Crippen LogP contribution in [0, 0.1) is 0 Å². The monoisotopic (exact) mass is 292 g/mol. The van der Waals surface area contributed by atoms with Gasteiger partial charge in [-0.05, 0) is 12.1 Å².